The molecule has 0 saturated carbocycles. The Morgan fingerprint density at radius 3 is 2.67 bits per heavy atom. The molecule has 0 atom stereocenters. The number of hydrogen-bond acceptors (Lipinski definition) is 4. The number of rotatable bonds is 2. The van der Waals surface area contributed by atoms with Gasteiger partial charge >= 0.3 is 0 Å². The molecule has 0 aliphatic carbocycles. The first kappa shape index (κ1) is 12.7. The molecule has 0 fully saturated rings. The smallest absolute Gasteiger partial charge is 0.270 e. The van der Waals surface area contributed by atoms with Crippen molar-refractivity contribution in [2.24, 2.45) is 7.05 Å². The SMILES string of the molecule is Cn1c(CO)c(Br)c2ccc([N+](=O)[O-])cc2c1=O. The summed E-state index contributed by atoms with van der Waals surface area (Å²) in [6, 6.07) is 4.06. The second-order valence-electron chi connectivity index (χ2n) is 3.77. The molecule has 1 aromatic heterocycles. The van der Waals surface area contributed by atoms with Crippen LogP contribution in [0.5, 0.6) is 0 Å². The molecule has 1 heterocycles. The molecule has 0 aliphatic rings. The average molecular weight is 313 g/mol. The summed E-state index contributed by atoms with van der Waals surface area (Å²) >= 11 is 3.30. The molecule has 94 valence electrons. The van der Waals surface area contributed by atoms with Crippen molar-refractivity contribution in [3.8, 4) is 0 Å². The van der Waals surface area contributed by atoms with Crippen LogP contribution in [0.2, 0.25) is 0 Å². The minimum absolute atomic E-state index is 0.136. The first-order chi connectivity index (χ1) is 8.47. The molecule has 0 spiro atoms. The number of aliphatic hydroxyl groups excluding tert-OH is 1. The lowest BCUT2D eigenvalue weighted by Gasteiger charge is -2.11. The van der Waals surface area contributed by atoms with Gasteiger partial charge in [0.25, 0.3) is 11.2 Å². The number of fused-ring (bicyclic) bond motifs is 1. The highest BCUT2D eigenvalue weighted by atomic mass is 79.9. The summed E-state index contributed by atoms with van der Waals surface area (Å²) in [6.45, 7) is -0.292. The van der Waals surface area contributed by atoms with Crippen LogP contribution < -0.4 is 5.56 Å². The van der Waals surface area contributed by atoms with Crippen molar-refractivity contribution in [2.75, 3.05) is 0 Å². The molecule has 18 heavy (non-hydrogen) atoms. The van der Waals surface area contributed by atoms with E-state index in [0.717, 1.165) is 0 Å². The Labute approximate surface area is 110 Å². The van der Waals surface area contributed by atoms with Crippen molar-refractivity contribution >= 4 is 32.4 Å². The predicted octanol–water partition coefficient (Wildman–Crippen LogP) is 1.70. The van der Waals surface area contributed by atoms with E-state index in [0.29, 0.717) is 15.6 Å². The van der Waals surface area contributed by atoms with E-state index in [4.69, 9.17) is 0 Å². The maximum Gasteiger partial charge on any atom is 0.270 e. The van der Waals surface area contributed by atoms with Crippen LogP contribution in [-0.4, -0.2) is 14.6 Å². The molecular formula is C11H9BrN2O4. The topological polar surface area (TPSA) is 85.4 Å². The third-order valence-electron chi connectivity index (χ3n) is 2.79. The molecule has 1 aromatic carbocycles. The third-order valence-corrected chi connectivity index (χ3v) is 3.68. The van der Waals surface area contributed by atoms with E-state index in [1.165, 1.54) is 29.8 Å². The van der Waals surface area contributed by atoms with Crippen LogP contribution in [0.25, 0.3) is 10.8 Å². The fourth-order valence-corrected chi connectivity index (χ4v) is 2.53. The van der Waals surface area contributed by atoms with E-state index >= 15 is 0 Å². The largest absolute Gasteiger partial charge is 0.390 e. The molecule has 0 unspecified atom stereocenters. The molecule has 2 rings (SSSR count). The van der Waals surface area contributed by atoms with Gasteiger partial charge in [-0.15, -0.1) is 0 Å². The van der Waals surface area contributed by atoms with Gasteiger partial charge in [0.15, 0.2) is 0 Å². The molecular weight excluding hydrogens is 304 g/mol. The zero-order valence-electron chi connectivity index (χ0n) is 9.38. The van der Waals surface area contributed by atoms with Gasteiger partial charge in [-0.2, -0.15) is 0 Å². The Balaban J connectivity index is 2.94. The normalized spacial score (nSPS) is 10.8. The summed E-state index contributed by atoms with van der Waals surface area (Å²) < 4.78 is 1.84. The first-order valence-electron chi connectivity index (χ1n) is 5.03. The number of nitrogens with zero attached hydrogens (tertiary/aromatic N) is 2. The lowest BCUT2D eigenvalue weighted by Crippen LogP contribution is -2.21. The van der Waals surface area contributed by atoms with Gasteiger partial charge in [0.05, 0.1) is 22.6 Å². The number of aliphatic hydroxyl groups is 1. The fraction of sp³-hybridized carbons (Fsp3) is 0.182. The van der Waals surface area contributed by atoms with E-state index in [-0.39, 0.29) is 23.2 Å². The molecule has 6 nitrogen and oxygen atoms in total. The Morgan fingerprint density at radius 2 is 2.11 bits per heavy atom. The number of aromatic nitrogens is 1. The van der Waals surface area contributed by atoms with Crippen molar-refractivity contribution in [3.63, 3.8) is 0 Å². The lowest BCUT2D eigenvalue weighted by atomic mass is 10.1. The van der Waals surface area contributed by atoms with Crippen LogP contribution in [0.1, 0.15) is 5.69 Å². The second kappa shape index (κ2) is 4.51. The lowest BCUT2D eigenvalue weighted by molar-refractivity contribution is -0.384. The highest BCUT2D eigenvalue weighted by Crippen LogP contribution is 2.27. The van der Waals surface area contributed by atoms with Gasteiger partial charge in [-0.3, -0.25) is 14.9 Å². The van der Waals surface area contributed by atoms with Crippen molar-refractivity contribution in [1.82, 2.24) is 4.57 Å². The Hall–Kier alpha value is -1.73. The van der Waals surface area contributed by atoms with E-state index < -0.39 is 4.92 Å². The maximum atomic E-state index is 12.0. The highest BCUT2D eigenvalue weighted by molar-refractivity contribution is 9.10. The maximum absolute atomic E-state index is 12.0. The summed E-state index contributed by atoms with van der Waals surface area (Å²) in [5.74, 6) is 0. The number of nitro groups is 1. The summed E-state index contributed by atoms with van der Waals surface area (Å²) in [6.07, 6.45) is 0. The molecule has 0 bridgehead atoms. The monoisotopic (exact) mass is 312 g/mol. The average Bonchev–Trinajstić information content (AvgIpc) is 2.36. The first-order valence-corrected chi connectivity index (χ1v) is 5.83. The molecule has 2 aromatic rings. The molecule has 0 radical (unpaired) electrons. The van der Waals surface area contributed by atoms with Gasteiger partial charge in [0, 0.05) is 29.0 Å². The van der Waals surface area contributed by atoms with Crippen molar-refractivity contribution in [1.29, 1.82) is 0 Å². The van der Waals surface area contributed by atoms with Crippen LogP contribution >= 0.6 is 15.9 Å². The molecule has 0 amide bonds. The van der Waals surface area contributed by atoms with Crippen LogP contribution in [0.15, 0.2) is 27.5 Å². The molecule has 1 N–H and O–H groups in total. The van der Waals surface area contributed by atoms with Crippen molar-refractivity contribution < 1.29 is 10.0 Å². The quantitative estimate of drug-likeness (QED) is 0.675. The molecule has 0 saturated heterocycles. The van der Waals surface area contributed by atoms with Crippen LogP contribution in [0.3, 0.4) is 0 Å². The van der Waals surface area contributed by atoms with E-state index in [2.05, 4.69) is 15.9 Å². The van der Waals surface area contributed by atoms with Gasteiger partial charge in [0.1, 0.15) is 0 Å². The second-order valence-corrected chi connectivity index (χ2v) is 4.56. The summed E-state index contributed by atoms with van der Waals surface area (Å²) in [7, 11) is 1.51. The number of benzene rings is 1. The van der Waals surface area contributed by atoms with Gasteiger partial charge in [0.2, 0.25) is 0 Å². The highest BCUT2D eigenvalue weighted by Gasteiger charge is 2.15. The van der Waals surface area contributed by atoms with Gasteiger partial charge in [-0.1, -0.05) is 0 Å². The van der Waals surface area contributed by atoms with E-state index in [1.807, 2.05) is 0 Å². The Morgan fingerprint density at radius 1 is 1.44 bits per heavy atom. The van der Waals surface area contributed by atoms with Gasteiger partial charge in [-0.25, -0.2) is 0 Å². The van der Waals surface area contributed by atoms with Gasteiger partial charge in [-0.05, 0) is 22.0 Å². The Bertz CT molecular complexity index is 708. The predicted molar refractivity (Wildman–Crippen MR) is 69.5 cm³/mol. The number of halogens is 1. The number of nitro benzene ring substituents is 1. The van der Waals surface area contributed by atoms with Crippen LogP contribution in [0.4, 0.5) is 5.69 Å². The third kappa shape index (κ3) is 1.81. The Kier molecular flexibility index (Phi) is 3.18. The summed E-state index contributed by atoms with van der Waals surface area (Å²) in [5, 5.41) is 20.7. The van der Waals surface area contributed by atoms with Crippen molar-refractivity contribution in [3.05, 3.63) is 48.8 Å². The number of pyridine rings is 1. The molecule has 0 aliphatic heterocycles. The standard InChI is InChI=1S/C11H9BrN2O4/c1-13-9(5-15)10(12)7-3-2-6(14(17)18)4-8(7)11(13)16/h2-4,15H,5H2,1H3. The number of hydrogen-bond donors (Lipinski definition) is 1. The van der Waals surface area contributed by atoms with Crippen LogP contribution in [-0.2, 0) is 13.7 Å². The van der Waals surface area contributed by atoms with Crippen LogP contribution in [0, 0.1) is 10.1 Å². The zero-order chi connectivity index (χ0) is 13.4. The fourth-order valence-electron chi connectivity index (χ4n) is 1.80. The summed E-state index contributed by atoms with van der Waals surface area (Å²) in [4.78, 5) is 22.2. The van der Waals surface area contributed by atoms with Crippen molar-refractivity contribution in [2.45, 2.75) is 6.61 Å². The number of non-ortho nitro benzene ring substituents is 1. The molecule has 7 heteroatoms. The minimum atomic E-state index is -0.549. The van der Waals surface area contributed by atoms with E-state index in [1.54, 1.807) is 0 Å². The minimum Gasteiger partial charge on any atom is -0.390 e. The van der Waals surface area contributed by atoms with E-state index in [9.17, 15) is 20.0 Å². The zero-order valence-corrected chi connectivity index (χ0v) is 11.0. The summed E-state index contributed by atoms with van der Waals surface area (Å²) in [5.41, 5.74) is -0.0782. The van der Waals surface area contributed by atoms with Gasteiger partial charge < -0.3 is 9.67 Å².